The first-order valence-electron chi connectivity index (χ1n) is 8.91. The fraction of sp³-hybridized carbons (Fsp3) is 0.316. The lowest BCUT2D eigenvalue weighted by atomic mass is 10.2. The highest BCUT2D eigenvalue weighted by Gasteiger charge is 2.44. The third kappa shape index (κ3) is 5.13. The third-order valence-electron chi connectivity index (χ3n) is 4.54. The summed E-state index contributed by atoms with van der Waals surface area (Å²) in [5, 5.41) is 0. The molecule has 2 aromatic carbocycles. The van der Waals surface area contributed by atoms with Gasteiger partial charge in [-0.1, -0.05) is 30.3 Å². The number of halogens is 4. The van der Waals surface area contributed by atoms with Crippen molar-refractivity contribution in [2.75, 3.05) is 26.2 Å². The van der Waals surface area contributed by atoms with Crippen molar-refractivity contribution in [1.29, 1.82) is 0 Å². The molecule has 2 aromatic rings. The summed E-state index contributed by atoms with van der Waals surface area (Å²) >= 11 is 1.35. The molecule has 0 bridgehead atoms. The fourth-order valence-electron chi connectivity index (χ4n) is 2.97. The van der Waals surface area contributed by atoms with Crippen LogP contribution in [0.4, 0.5) is 17.6 Å². The first kappa shape index (κ1) is 22.6. The van der Waals surface area contributed by atoms with E-state index in [1.807, 2.05) is 30.3 Å². The molecule has 1 amide bonds. The predicted octanol–water partition coefficient (Wildman–Crippen LogP) is 3.51. The van der Waals surface area contributed by atoms with E-state index in [0.29, 0.717) is 15.5 Å². The molecule has 0 unspecified atom stereocenters. The van der Waals surface area contributed by atoms with Gasteiger partial charge in [0.05, 0.1) is 0 Å². The summed E-state index contributed by atoms with van der Waals surface area (Å²) in [6.07, 6.45) is -5.01. The molecule has 0 aliphatic carbocycles. The lowest BCUT2D eigenvalue weighted by molar-refractivity contribution is -0.186. The van der Waals surface area contributed by atoms with Crippen molar-refractivity contribution in [3.05, 3.63) is 59.9 Å². The van der Waals surface area contributed by atoms with E-state index in [1.54, 1.807) is 0 Å². The van der Waals surface area contributed by atoms with Crippen LogP contribution in [0.1, 0.15) is 5.56 Å². The number of thioether (sulfide) groups is 1. The van der Waals surface area contributed by atoms with Gasteiger partial charge in [0.2, 0.25) is 10.0 Å². The number of nitrogens with zero attached hydrogens (tertiary/aromatic N) is 2. The van der Waals surface area contributed by atoms with Gasteiger partial charge in [-0.2, -0.15) is 17.5 Å². The number of hydrogen-bond acceptors (Lipinski definition) is 4. The van der Waals surface area contributed by atoms with Crippen molar-refractivity contribution in [1.82, 2.24) is 9.21 Å². The molecule has 1 fully saturated rings. The topological polar surface area (TPSA) is 57.7 Å². The van der Waals surface area contributed by atoms with E-state index in [9.17, 15) is 30.8 Å². The largest absolute Gasteiger partial charge is 0.471 e. The fourth-order valence-corrected chi connectivity index (χ4v) is 5.32. The quantitative estimate of drug-likeness (QED) is 0.504. The Balaban J connectivity index is 1.67. The molecule has 1 saturated heterocycles. The molecule has 3 rings (SSSR count). The highest BCUT2D eigenvalue weighted by Crippen LogP contribution is 2.28. The maximum Gasteiger partial charge on any atom is 0.471 e. The van der Waals surface area contributed by atoms with Gasteiger partial charge >= 0.3 is 12.1 Å². The molecule has 0 radical (unpaired) electrons. The van der Waals surface area contributed by atoms with E-state index < -0.39 is 45.9 Å². The van der Waals surface area contributed by atoms with Crippen LogP contribution in [0.25, 0.3) is 0 Å². The minimum Gasteiger partial charge on any atom is -0.332 e. The van der Waals surface area contributed by atoms with Gasteiger partial charge in [0.1, 0.15) is 10.7 Å². The molecule has 1 aliphatic rings. The number of carbonyl (C=O) groups is 1. The molecular weight excluding hydrogens is 444 g/mol. The maximum atomic E-state index is 14.6. The third-order valence-corrected chi connectivity index (χ3v) is 7.53. The monoisotopic (exact) mass is 462 g/mol. The highest BCUT2D eigenvalue weighted by molar-refractivity contribution is 7.98. The summed E-state index contributed by atoms with van der Waals surface area (Å²) in [5.74, 6) is -2.35. The summed E-state index contributed by atoms with van der Waals surface area (Å²) in [5.41, 5.74) is 1.03. The van der Waals surface area contributed by atoms with Crippen LogP contribution in [0.5, 0.6) is 0 Å². The average molecular weight is 462 g/mol. The minimum absolute atomic E-state index is 0.339. The van der Waals surface area contributed by atoms with Crippen molar-refractivity contribution in [3.8, 4) is 0 Å². The Morgan fingerprint density at radius 2 is 1.63 bits per heavy atom. The first-order valence-corrected chi connectivity index (χ1v) is 11.3. The Morgan fingerprint density at radius 3 is 2.20 bits per heavy atom. The minimum atomic E-state index is -5.01. The van der Waals surface area contributed by atoms with Crippen molar-refractivity contribution < 1.29 is 30.8 Å². The van der Waals surface area contributed by atoms with Gasteiger partial charge in [-0.3, -0.25) is 4.79 Å². The Kier molecular flexibility index (Phi) is 6.73. The van der Waals surface area contributed by atoms with E-state index in [4.69, 9.17) is 0 Å². The molecule has 0 saturated carbocycles. The summed E-state index contributed by atoms with van der Waals surface area (Å²) in [6.45, 7) is -1.50. The molecule has 1 heterocycles. The van der Waals surface area contributed by atoms with E-state index in [2.05, 4.69) is 0 Å². The van der Waals surface area contributed by atoms with Crippen LogP contribution >= 0.6 is 11.8 Å². The number of carbonyl (C=O) groups excluding carboxylic acids is 1. The van der Waals surface area contributed by atoms with E-state index in [-0.39, 0.29) is 13.1 Å². The second-order valence-corrected chi connectivity index (χ2v) is 9.52. The first-order chi connectivity index (χ1) is 14.1. The molecule has 0 spiro atoms. The Bertz CT molecular complexity index is 1010. The number of sulfonamides is 1. The number of hydrogen-bond donors (Lipinski definition) is 0. The molecule has 11 heteroatoms. The summed E-state index contributed by atoms with van der Waals surface area (Å²) < 4.78 is 78.4. The van der Waals surface area contributed by atoms with Crippen molar-refractivity contribution in [2.45, 2.75) is 21.7 Å². The lowest BCUT2D eigenvalue weighted by Gasteiger charge is -2.34. The van der Waals surface area contributed by atoms with E-state index in [1.165, 1.54) is 17.8 Å². The Morgan fingerprint density at radius 1 is 1.00 bits per heavy atom. The standard InChI is InChI=1S/C19H18F4N2O3S2/c20-16-12-15(29-13-14-4-2-1-3-5-14)6-7-17(16)30(27,28)25-10-8-24(9-11-25)18(26)19(21,22)23/h1-7,12H,8-11,13H2. The van der Waals surface area contributed by atoms with E-state index in [0.717, 1.165) is 22.0 Å². The van der Waals surface area contributed by atoms with Gasteiger partial charge in [-0.05, 0) is 23.8 Å². The second kappa shape index (κ2) is 8.94. The van der Waals surface area contributed by atoms with Crippen LogP contribution in [0.15, 0.2) is 58.3 Å². The van der Waals surface area contributed by atoms with Crippen LogP contribution in [0.2, 0.25) is 0 Å². The van der Waals surface area contributed by atoms with Gasteiger partial charge in [0.15, 0.2) is 0 Å². The summed E-state index contributed by atoms with van der Waals surface area (Å²) in [6, 6.07) is 13.3. The van der Waals surface area contributed by atoms with Crippen LogP contribution in [-0.2, 0) is 20.6 Å². The van der Waals surface area contributed by atoms with Gasteiger partial charge in [-0.15, -0.1) is 11.8 Å². The molecule has 30 heavy (non-hydrogen) atoms. The Hall–Kier alpha value is -2.11. The molecular formula is C19H18F4N2O3S2. The van der Waals surface area contributed by atoms with Crippen LogP contribution < -0.4 is 0 Å². The molecule has 1 aliphatic heterocycles. The zero-order valence-electron chi connectivity index (χ0n) is 15.6. The van der Waals surface area contributed by atoms with Gasteiger partial charge in [0.25, 0.3) is 0 Å². The molecule has 0 atom stereocenters. The van der Waals surface area contributed by atoms with Gasteiger partial charge in [0, 0.05) is 36.8 Å². The number of alkyl halides is 3. The predicted molar refractivity (Wildman–Crippen MR) is 104 cm³/mol. The van der Waals surface area contributed by atoms with Crippen LogP contribution in [0.3, 0.4) is 0 Å². The summed E-state index contributed by atoms with van der Waals surface area (Å²) in [4.78, 5) is 11.8. The average Bonchev–Trinajstić information content (AvgIpc) is 2.71. The number of benzene rings is 2. The molecule has 162 valence electrons. The number of rotatable bonds is 5. The van der Waals surface area contributed by atoms with Crippen LogP contribution in [-0.4, -0.2) is 55.9 Å². The van der Waals surface area contributed by atoms with Crippen LogP contribution in [0, 0.1) is 5.82 Å². The van der Waals surface area contributed by atoms with E-state index >= 15 is 0 Å². The zero-order chi connectivity index (χ0) is 21.9. The molecule has 0 N–H and O–H groups in total. The van der Waals surface area contributed by atoms with Crippen molar-refractivity contribution in [3.63, 3.8) is 0 Å². The number of piperazine rings is 1. The molecule has 5 nitrogen and oxygen atoms in total. The maximum absolute atomic E-state index is 14.6. The highest BCUT2D eigenvalue weighted by atomic mass is 32.2. The van der Waals surface area contributed by atoms with Crippen molar-refractivity contribution >= 4 is 27.7 Å². The van der Waals surface area contributed by atoms with Gasteiger partial charge < -0.3 is 4.90 Å². The summed E-state index contributed by atoms with van der Waals surface area (Å²) in [7, 11) is -4.23. The normalized spacial score (nSPS) is 15.9. The smallest absolute Gasteiger partial charge is 0.332 e. The lowest BCUT2D eigenvalue weighted by Crippen LogP contribution is -2.53. The van der Waals surface area contributed by atoms with Gasteiger partial charge in [-0.25, -0.2) is 12.8 Å². The second-order valence-electron chi connectivity index (χ2n) is 6.56. The Labute approximate surface area is 175 Å². The SMILES string of the molecule is O=C(N1CCN(S(=O)(=O)c2ccc(SCc3ccccc3)cc2F)CC1)C(F)(F)F. The molecule has 0 aromatic heterocycles. The van der Waals surface area contributed by atoms with Crippen molar-refractivity contribution in [2.24, 2.45) is 0 Å². The zero-order valence-corrected chi connectivity index (χ0v) is 17.2. The number of amides is 1.